The molecule has 1 saturated heterocycles. The van der Waals surface area contributed by atoms with Crippen molar-refractivity contribution in [1.29, 1.82) is 0 Å². The van der Waals surface area contributed by atoms with E-state index in [4.69, 9.17) is 9.47 Å². The number of methoxy groups -OCH3 is 1. The first-order valence-electron chi connectivity index (χ1n) is 7.01. The molecule has 0 aliphatic carbocycles. The van der Waals surface area contributed by atoms with E-state index in [-0.39, 0.29) is 17.6 Å². The third kappa shape index (κ3) is 2.23. The monoisotopic (exact) mass is 282 g/mol. The zero-order valence-electron chi connectivity index (χ0n) is 12.4. The van der Waals surface area contributed by atoms with Gasteiger partial charge in [0.1, 0.15) is 6.10 Å². The van der Waals surface area contributed by atoms with Crippen molar-refractivity contribution in [2.24, 2.45) is 5.92 Å². The van der Waals surface area contributed by atoms with Gasteiger partial charge in [0.05, 0.1) is 5.60 Å². The summed E-state index contributed by atoms with van der Waals surface area (Å²) >= 11 is 0. The van der Waals surface area contributed by atoms with Gasteiger partial charge in [-0.2, -0.15) is 0 Å². The second-order valence-electron chi connectivity index (χ2n) is 5.29. The largest absolute Gasteiger partial charge is 0.376 e. The zero-order valence-corrected chi connectivity index (χ0v) is 12.4. The number of hydrogen-bond donors (Lipinski definition) is 1. The Hall–Kier alpha value is -1.40. The number of aromatic amines is 1. The highest BCUT2D eigenvalue weighted by Crippen LogP contribution is 2.46. The summed E-state index contributed by atoms with van der Waals surface area (Å²) in [6.45, 7) is 6.23. The van der Waals surface area contributed by atoms with Crippen LogP contribution in [0, 0.1) is 5.92 Å². The van der Waals surface area contributed by atoms with Gasteiger partial charge in [-0.25, -0.2) is 4.79 Å². The van der Waals surface area contributed by atoms with Crippen LogP contribution in [0.25, 0.3) is 0 Å². The molecule has 20 heavy (non-hydrogen) atoms. The fraction of sp³-hybridized carbons (Fsp3) is 0.714. The van der Waals surface area contributed by atoms with Crippen LogP contribution in [0.15, 0.2) is 21.9 Å². The standard InChI is InChI=1S/C14H22N2O4/c1-5-14(6-2)9(3)11(19-4)12(20-14)16-8-7-10(17)15-13(16)18/h7-9,11-12H,5-6H2,1-4H3,(H,15,17,18)/t9-,11-,12+/m0/s1. The van der Waals surface area contributed by atoms with E-state index in [2.05, 4.69) is 25.8 Å². The Morgan fingerprint density at radius 1 is 1.40 bits per heavy atom. The molecule has 2 rings (SSSR count). The molecule has 0 radical (unpaired) electrons. The van der Waals surface area contributed by atoms with Crippen molar-refractivity contribution < 1.29 is 9.47 Å². The molecule has 1 aliphatic rings. The van der Waals surface area contributed by atoms with Crippen molar-refractivity contribution in [3.8, 4) is 0 Å². The first-order chi connectivity index (χ1) is 9.49. The van der Waals surface area contributed by atoms with Crippen molar-refractivity contribution in [2.75, 3.05) is 7.11 Å². The summed E-state index contributed by atoms with van der Waals surface area (Å²) in [5.41, 5.74) is -1.19. The van der Waals surface area contributed by atoms with Crippen LogP contribution in [0.1, 0.15) is 39.8 Å². The van der Waals surface area contributed by atoms with Gasteiger partial charge in [-0.05, 0) is 12.8 Å². The number of aromatic nitrogens is 2. The molecule has 1 aliphatic heterocycles. The van der Waals surface area contributed by atoms with E-state index in [0.717, 1.165) is 12.8 Å². The summed E-state index contributed by atoms with van der Waals surface area (Å²) in [6.07, 6.45) is 2.42. The number of nitrogens with one attached hydrogen (secondary N) is 1. The number of H-pyrrole nitrogens is 1. The zero-order chi connectivity index (χ0) is 14.9. The maximum Gasteiger partial charge on any atom is 0.330 e. The summed E-state index contributed by atoms with van der Waals surface area (Å²) in [4.78, 5) is 25.4. The van der Waals surface area contributed by atoms with E-state index in [0.29, 0.717) is 0 Å². The van der Waals surface area contributed by atoms with Crippen LogP contribution in [0.2, 0.25) is 0 Å². The summed E-state index contributed by atoms with van der Waals surface area (Å²) in [5, 5.41) is 0. The lowest BCUT2D eigenvalue weighted by Gasteiger charge is -2.30. The number of ether oxygens (including phenoxy) is 2. The second-order valence-corrected chi connectivity index (χ2v) is 5.29. The van der Waals surface area contributed by atoms with Crippen LogP contribution in [0.4, 0.5) is 0 Å². The first-order valence-corrected chi connectivity index (χ1v) is 7.01. The average Bonchev–Trinajstić information content (AvgIpc) is 2.71. The van der Waals surface area contributed by atoms with Crippen LogP contribution < -0.4 is 11.2 Å². The highest BCUT2D eigenvalue weighted by Gasteiger charge is 2.51. The summed E-state index contributed by atoms with van der Waals surface area (Å²) < 4.78 is 13.1. The molecule has 0 unspecified atom stereocenters. The van der Waals surface area contributed by atoms with Crippen molar-refractivity contribution in [3.63, 3.8) is 0 Å². The normalized spacial score (nSPS) is 28.7. The average molecular weight is 282 g/mol. The smallest absolute Gasteiger partial charge is 0.330 e. The van der Waals surface area contributed by atoms with Crippen molar-refractivity contribution in [3.05, 3.63) is 33.1 Å². The van der Waals surface area contributed by atoms with Crippen LogP contribution in [-0.2, 0) is 9.47 Å². The molecule has 2 heterocycles. The minimum atomic E-state index is -0.515. The SMILES string of the molecule is CCC1(CC)O[C@@H](n2ccc(=O)[nH]c2=O)[C@@H](OC)[C@@H]1C. The third-order valence-electron chi connectivity index (χ3n) is 4.55. The van der Waals surface area contributed by atoms with Crippen molar-refractivity contribution >= 4 is 0 Å². The molecule has 0 saturated carbocycles. The number of nitrogens with zero attached hydrogens (tertiary/aromatic N) is 1. The molecule has 1 N–H and O–H groups in total. The van der Waals surface area contributed by atoms with E-state index in [1.807, 2.05) is 0 Å². The highest BCUT2D eigenvalue weighted by atomic mass is 16.6. The van der Waals surface area contributed by atoms with Gasteiger partial charge in [0.2, 0.25) is 0 Å². The quantitative estimate of drug-likeness (QED) is 0.902. The van der Waals surface area contributed by atoms with Crippen LogP contribution in [-0.4, -0.2) is 28.4 Å². The van der Waals surface area contributed by atoms with Gasteiger partial charge < -0.3 is 9.47 Å². The van der Waals surface area contributed by atoms with E-state index in [1.54, 1.807) is 7.11 Å². The molecule has 6 nitrogen and oxygen atoms in total. The predicted octanol–water partition coefficient (Wildman–Crippen LogP) is 1.28. The van der Waals surface area contributed by atoms with Gasteiger partial charge in [0.25, 0.3) is 5.56 Å². The summed E-state index contributed by atoms with van der Waals surface area (Å²) in [7, 11) is 1.62. The molecule has 0 aromatic carbocycles. The Labute approximate surface area is 117 Å². The fourth-order valence-corrected chi connectivity index (χ4v) is 3.19. The Bertz CT molecular complexity index is 573. The molecule has 112 valence electrons. The Morgan fingerprint density at radius 3 is 2.55 bits per heavy atom. The van der Waals surface area contributed by atoms with E-state index in [1.165, 1.54) is 16.8 Å². The Kier molecular flexibility index (Phi) is 4.15. The molecule has 1 aromatic rings. The molecule has 1 fully saturated rings. The Morgan fingerprint density at radius 2 is 2.05 bits per heavy atom. The molecule has 3 atom stereocenters. The van der Waals surface area contributed by atoms with Crippen molar-refractivity contribution in [2.45, 2.75) is 51.5 Å². The van der Waals surface area contributed by atoms with Gasteiger partial charge in [0, 0.05) is 25.3 Å². The summed E-state index contributed by atoms with van der Waals surface area (Å²) in [6, 6.07) is 1.32. The molecular formula is C14H22N2O4. The second kappa shape index (κ2) is 5.54. The maximum atomic E-state index is 12.0. The van der Waals surface area contributed by atoms with Gasteiger partial charge in [-0.1, -0.05) is 20.8 Å². The van der Waals surface area contributed by atoms with Gasteiger partial charge in [-0.3, -0.25) is 14.3 Å². The molecule has 1 aromatic heterocycles. The lowest BCUT2D eigenvalue weighted by atomic mass is 9.83. The van der Waals surface area contributed by atoms with E-state index >= 15 is 0 Å². The maximum absolute atomic E-state index is 12.0. The van der Waals surface area contributed by atoms with E-state index < -0.39 is 17.5 Å². The molecule has 0 bridgehead atoms. The fourth-order valence-electron chi connectivity index (χ4n) is 3.19. The first kappa shape index (κ1) is 15.0. The topological polar surface area (TPSA) is 73.3 Å². The minimum absolute atomic E-state index is 0.159. The Balaban J connectivity index is 2.46. The number of hydrogen-bond acceptors (Lipinski definition) is 4. The molecular weight excluding hydrogens is 260 g/mol. The van der Waals surface area contributed by atoms with Crippen LogP contribution >= 0.6 is 0 Å². The van der Waals surface area contributed by atoms with Crippen LogP contribution in [0.5, 0.6) is 0 Å². The predicted molar refractivity (Wildman–Crippen MR) is 74.7 cm³/mol. The molecule has 0 amide bonds. The van der Waals surface area contributed by atoms with E-state index in [9.17, 15) is 9.59 Å². The van der Waals surface area contributed by atoms with Gasteiger partial charge >= 0.3 is 5.69 Å². The summed E-state index contributed by atoms with van der Waals surface area (Å²) in [5.74, 6) is 0.159. The highest BCUT2D eigenvalue weighted by molar-refractivity contribution is 4.99. The lowest BCUT2D eigenvalue weighted by molar-refractivity contribution is -0.101. The molecule has 0 spiro atoms. The van der Waals surface area contributed by atoms with Crippen LogP contribution in [0.3, 0.4) is 0 Å². The third-order valence-corrected chi connectivity index (χ3v) is 4.55. The minimum Gasteiger partial charge on any atom is -0.376 e. The van der Waals surface area contributed by atoms with Gasteiger partial charge in [-0.15, -0.1) is 0 Å². The molecule has 6 heteroatoms. The van der Waals surface area contributed by atoms with Gasteiger partial charge in [0.15, 0.2) is 6.23 Å². The van der Waals surface area contributed by atoms with Crippen molar-refractivity contribution in [1.82, 2.24) is 9.55 Å². The lowest BCUT2D eigenvalue weighted by Crippen LogP contribution is -2.36. The number of rotatable bonds is 4.